The lowest BCUT2D eigenvalue weighted by Gasteiger charge is -2.44. The summed E-state index contributed by atoms with van der Waals surface area (Å²) in [6.45, 7) is 0. The van der Waals surface area contributed by atoms with Gasteiger partial charge in [-0.1, -0.05) is 30.3 Å². The maximum absolute atomic E-state index is 12.2. The van der Waals surface area contributed by atoms with E-state index in [0.29, 0.717) is 17.6 Å². The number of esters is 1. The molecule has 4 bridgehead atoms. The van der Waals surface area contributed by atoms with Gasteiger partial charge in [0.2, 0.25) is 0 Å². The summed E-state index contributed by atoms with van der Waals surface area (Å²) < 4.78 is 5.46. The number of carbonyl (C=O) groups excluding carboxylic acids is 1. The first-order valence-electron chi connectivity index (χ1n) is 7.06. The van der Waals surface area contributed by atoms with Crippen LogP contribution in [0.5, 0.6) is 0 Å². The third-order valence-corrected chi connectivity index (χ3v) is 5.05. The SMILES string of the molecule is N#CC1=C(C#N)C2C3CC1C(c1ccccc1)C2C(=O)O3. The zero-order valence-electron chi connectivity index (χ0n) is 11.2. The van der Waals surface area contributed by atoms with Crippen LogP contribution in [0, 0.1) is 40.4 Å². The molecule has 0 spiro atoms. The van der Waals surface area contributed by atoms with Gasteiger partial charge in [0.15, 0.2) is 0 Å². The Hall–Kier alpha value is -2.59. The van der Waals surface area contributed by atoms with Crippen molar-refractivity contribution in [3.05, 3.63) is 47.0 Å². The van der Waals surface area contributed by atoms with Crippen molar-refractivity contribution in [1.29, 1.82) is 10.5 Å². The lowest BCUT2D eigenvalue weighted by atomic mass is 9.55. The topological polar surface area (TPSA) is 73.9 Å². The van der Waals surface area contributed by atoms with Gasteiger partial charge in [0.05, 0.1) is 23.6 Å². The Bertz CT molecular complexity index is 738. The van der Waals surface area contributed by atoms with E-state index in [4.69, 9.17) is 4.74 Å². The highest BCUT2D eigenvalue weighted by atomic mass is 16.6. The highest BCUT2D eigenvalue weighted by Crippen LogP contribution is 2.59. The van der Waals surface area contributed by atoms with Gasteiger partial charge in [-0.3, -0.25) is 4.79 Å². The number of benzene rings is 1. The van der Waals surface area contributed by atoms with Gasteiger partial charge in [-0.2, -0.15) is 10.5 Å². The summed E-state index contributed by atoms with van der Waals surface area (Å²) in [6, 6.07) is 14.2. The van der Waals surface area contributed by atoms with Crippen molar-refractivity contribution in [3.8, 4) is 12.1 Å². The molecule has 0 aromatic heterocycles. The summed E-state index contributed by atoms with van der Waals surface area (Å²) in [5.74, 6) is -0.908. The van der Waals surface area contributed by atoms with Crippen molar-refractivity contribution < 1.29 is 9.53 Å². The highest BCUT2D eigenvalue weighted by Gasteiger charge is 2.62. The molecule has 1 aromatic carbocycles. The van der Waals surface area contributed by atoms with E-state index in [1.54, 1.807) is 0 Å². The Morgan fingerprint density at radius 3 is 2.38 bits per heavy atom. The summed E-state index contributed by atoms with van der Waals surface area (Å²) in [5.41, 5.74) is 2.09. The van der Waals surface area contributed by atoms with Crippen molar-refractivity contribution in [2.24, 2.45) is 17.8 Å². The van der Waals surface area contributed by atoms with E-state index >= 15 is 0 Å². The molecular weight excluding hydrogens is 264 g/mol. The van der Waals surface area contributed by atoms with Crippen molar-refractivity contribution in [2.45, 2.75) is 18.4 Å². The van der Waals surface area contributed by atoms with Crippen LogP contribution in [0.2, 0.25) is 0 Å². The molecular formula is C17H12N2O2. The molecule has 5 atom stereocenters. The van der Waals surface area contributed by atoms with E-state index in [1.165, 1.54) is 0 Å². The maximum atomic E-state index is 12.2. The molecule has 4 nitrogen and oxygen atoms in total. The number of hydrogen-bond donors (Lipinski definition) is 0. The number of hydrogen-bond acceptors (Lipinski definition) is 4. The fourth-order valence-corrected chi connectivity index (χ4v) is 4.33. The molecule has 4 heteroatoms. The number of nitrogens with zero attached hydrogens (tertiary/aromatic N) is 2. The minimum Gasteiger partial charge on any atom is -0.461 e. The molecule has 0 N–H and O–H groups in total. The molecule has 4 aliphatic rings. The van der Waals surface area contributed by atoms with Gasteiger partial charge < -0.3 is 4.74 Å². The van der Waals surface area contributed by atoms with Crippen LogP contribution in [0.4, 0.5) is 0 Å². The predicted octanol–water partition coefficient (Wildman–Crippen LogP) is 2.31. The van der Waals surface area contributed by atoms with Crippen molar-refractivity contribution in [1.82, 2.24) is 0 Å². The zero-order valence-corrected chi connectivity index (χ0v) is 11.2. The molecule has 1 heterocycles. The summed E-state index contributed by atoms with van der Waals surface area (Å²) in [4.78, 5) is 12.2. The van der Waals surface area contributed by atoms with E-state index in [0.717, 1.165) is 5.56 Å². The van der Waals surface area contributed by atoms with Crippen molar-refractivity contribution in [3.63, 3.8) is 0 Å². The average molecular weight is 276 g/mol. The quantitative estimate of drug-likeness (QED) is 0.738. The Balaban J connectivity index is 1.92. The van der Waals surface area contributed by atoms with Gasteiger partial charge in [-0.25, -0.2) is 0 Å². The number of allylic oxidation sites excluding steroid dienone is 1. The molecule has 102 valence electrons. The van der Waals surface area contributed by atoms with E-state index in [1.807, 2.05) is 30.3 Å². The predicted molar refractivity (Wildman–Crippen MR) is 72.4 cm³/mol. The van der Waals surface area contributed by atoms with Crippen molar-refractivity contribution >= 4 is 5.97 Å². The number of ether oxygens (including phenoxy) is 1. The lowest BCUT2D eigenvalue weighted by Crippen LogP contribution is -2.44. The molecule has 0 amide bonds. The van der Waals surface area contributed by atoms with Gasteiger partial charge in [0.1, 0.15) is 6.10 Å². The first-order valence-corrected chi connectivity index (χ1v) is 7.06. The van der Waals surface area contributed by atoms with Gasteiger partial charge >= 0.3 is 5.97 Å². The lowest BCUT2D eigenvalue weighted by molar-refractivity contribution is -0.143. The van der Waals surface area contributed by atoms with Crippen LogP contribution in [0.1, 0.15) is 17.9 Å². The second-order valence-corrected chi connectivity index (χ2v) is 5.86. The average Bonchev–Trinajstić information content (AvgIpc) is 2.78. The molecule has 1 aromatic rings. The molecule has 3 aliphatic carbocycles. The molecule has 0 radical (unpaired) electrons. The molecule has 1 saturated carbocycles. The number of carbonyl (C=O) groups is 1. The van der Waals surface area contributed by atoms with Gasteiger partial charge in [0.25, 0.3) is 0 Å². The van der Waals surface area contributed by atoms with Gasteiger partial charge in [-0.15, -0.1) is 0 Å². The second kappa shape index (κ2) is 4.20. The fraction of sp³-hybridized carbons (Fsp3) is 0.353. The highest BCUT2D eigenvalue weighted by molar-refractivity contribution is 5.80. The molecule has 1 aliphatic heterocycles. The first kappa shape index (κ1) is 12.2. The van der Waals surface area contributed by atoms with Crippen LogP contribution >= 0.6 is 0 Å². The van der Waals surface area contributed by atoms with E-state index in [2.05, 4.69) is 12.1 Å². The number of rotatable bonds is 1. The Morgan fingerprint density at radius 1 is 1.00 bits per heavy atom. The van der Waals surface area contributed by atoms with E-state index < -0.39 is 0 Å². The number of nitriles is 2. The Morgan fingerprint density at radius 2 is 1.71 bits per heavy atom. The van der Waals surface area contributed by atoms with Crippen LogP contribution in [-0.4, -0.2) is 12.1 Å². The monoisotopic (exact) mass is 276 g/mol. The van der Waals surface area contributed by atoms with Crippen LogP contribution < -0.4 is 0 Å². The molecule has 5 rings (SSSR count). The minimum atomic E-state index is -0.317. The van der Waals surface area contributed by atoms with Crippen LogP contribution in [-0.2, 0) is 9.53 Å². The standard InChI is InChI=1S/C17H12N2O2/c18-7-11-10-6-13-15(12(11)8-19)16(17(20)21-13)14(10)9-4-2-1-3-5-9/h1-5,10,13-16H,6H2. The summed E-state index contributed by atoms with van der Waals surface area (Å²) in [7, 11) is 0. The summed E-state index contributed by atoms with van der Waals surface area (Å²) in [6.07, 6.45) is 0.430. The van der Waals surface area contributed by atoms with E-state index in [-0.39, 0.29) is 35.7 Å². The van der Waals surface area contributed by atoms with Gasteiger partial charge in [-0.05, 0) is 12.0 Å². The second-order valence-electron chi connectivity index (χ2n) is 5.86. The fourth-order valence-electron chi connectivity index (χ4n) is 4.33. The normalized spacial score (nSPS) is 36.1. The van der Waals surface area contributed by atoms with Crippen molar-refractivity contribution in [2.75, 3.05) is 0 Å². The van der Waals surface area contributed by atoms with E-state index in [9.17, 15) is 15.3 Å². The maximum Gasteiger partial charge on any atom is 0.310 e. The van der Waals surface area contributed by atoms with Crippen LogP contribution in [0.25, 0.3) is 0 Å². The molecule has 1 saturated heterocycles. The smallest absolute Gasteiger partial charge is 0.310 e. The first-order chi connectivity index (χ1) is 10.3. The summed E-state index contributed by atoms with van der Waals surface area (Å²) >= 11 is 0. The third kappa shape index (κ3) is 1.45. The Kier molecular flexibility index (Phi) is 2.43. The zero-order chi connectivity index (χ0) is 14.6. The third-order valence-electron chi connectivity index (χ3n) is 5.05. The molecule has 5 unspecified atom stereocenters. The minimum absolute atomic E-state index is 0.0470. The molecule has 21 heavy (non-hydrogen) atoms. The van der Waals surface area contributed by atoms with Gasteiger partial charge in [0, 0.05) is 23.3 Å². The molecule has 2 fully saturated rings. The van der Waals surface area contributed by atoms with Crippen LogP contribution in [0.15, 0.2) is 41.5 Å². The van der Waals surface area contributed by atoms with Crippen LogP contribution in [0.3, 0.4) is 0 Å². The Labute approximate surface area is 122 Å². The largest absolute Gasteiger partial charge is 0.461 e. The summed E-state index contributed by atoms with van der Waals surface area (Å²) in [5, 5.41) is 18.8.